The molecule has 1 aliphatic carbocycles. The van der Waals surface area contributed by atoms with E-state index in [1.54, 1.807) is 19.2 Å². The second-order valence-electron chi connectivity index (χ2n) is 5.00. The smallest absolute Gasteiger partial charge is 0.134 e. The van der Waals surface area contributed by atoms with Crippen LogP contribution in [0.5, 0.6) is 0 Å². The van der Waals surface area contributed by atoms with Crippen LogP contribution < -0.4 is 16.8 Å². The lowest BCUT2D eigenvalue weighted by atomic mass is 10.1. The molecule has 2 rings (SSSR count). The zero-order valence-electron chi connectivity index (χ0n) is 12.1. The van der Waals surface area contributed by atoms with Gasteiger partial charge in [0.2, 0.25) is 0 Å². The van der Waals surface area contributed by atoms with Gasteiger partial charge in [0.25, 0.3) is 0 Å². The molecule has 22 heavy (non-hydrogen) atoms. The quantitative estimate of drug-likeness (QED) is 0.591. The van der Waals surface area contributed by atoms with E-state index in [4.69, 9.17) is 27.8 Å². The van der Waals surface area contributed by atoms with Gasteiger partial charge in [-0.15, -0.1) is 11.6 Å². The summed E-state index contributed by atoms with van der Waals surface area (Å²) in [5.74, 6) is -0.168. The summed E-state index contributed by atoms with van der Waals surface area (Å²) in [5, 5.41) is 12.1. The SMILES string of the molecule is CC(OC1=CC(CN)=CNC1N)C1=C(O)C=CC(F)=CC1Cl. The highest BCUT2D eigenvalue weighted by Gasteiger charge is 2.26. The van der Waals surface area contributed by atoms with Crippen molar-refractivity contribution in [3.63, 3.8) is 0 Å². The Morgan fingerprint density at radius 3 is 2.91 bits per heavy atom. The molecule has 1 aliphatic heterocycles. The lowest BCUT2D eigenvalue weighted by molar-refractivity contribution is 0.135. The van der Waals surface area contributed by atoms with Crippen LogP contribution in [0.4, 0.5) is 4.39 Å². The van der Waals surface area contributed by atoms with Gasteiger partial charge >= 0.3 is 0 Å². The number of aliphatic hydroxyl groups is 1. The van der Waals surface area contributed by atoms with Crippen molar-refractivity contribution in [2.75, 3.05) is 6.54 Å². The van der Waals surface area contributed by atoms with Crippen LogP contribution in [0.25, 0.3) is 0 Å². The van der Waals surface area contributed by atoms with Crippen LogP contribution in [0, 0.1) is 0 Å². The Kier molecular flexibility index (Phi) is 5.28. The molecule has 3 unspecified atom stereocenters. The average molecular weight is 328 g/mol. The monoisotopic (exact) mass is 327 g/mol. The van der Waals surface area contributed by atoms with Crippen molar-refractivity contribution in [3.05, 3.63) is 59.0 Å². The van der Waals surface area contributed by atoms with Gasteiger partial charge in [0, 0.05) is 18.3 Å². The Balaban J connectivity index is 2.21. The second-order valence-corrected chi connectivity index (χ2v) is 5.47. The number of hydrogen-bond donors (Lipinski definition) is 4. The standard InChI is InChI=1S/C15H19ClFN3O2/c1-8(14-11(16)5-10(17)2-3-12(14)21)22-13-4-9(6-18)7-20-15(13)19/h2-5,7-8,11,15,20-21H,6,18-19H2,1H3. The number of ether oxygens (including phenoxy) is 1. The molecule has 0 amide bonds. The first-order chi connectivity index (χ1) is 10.4. The normalized spacial score (nSPS) is 26.5. The van der Waals surface area contributed by atoms with Crippen LogP contribution in [-0.2, 0) is 4.74 Å². The molecule has 0 aromatic carbocycles. The van der Waals surface area contributed by atoms with E-state index < -0.39 is 23.5 Å². The topological polar surface area (TPSA) is 93.5 Å². The summed E-state index contributed by atoms with van der Waals surface area (Å²) < 4.78 is 19.2. The summed E-state index contributed by atoms with van der Waals surface area (Å²) in [5.41, 5.74) is 12.7. The van der Waals surface area contributed by atoms with Crippen LogP contribution in [0.3, 0.4) is 0 Å². The molecule has 0 spiro atoms. The molecular formula is C15H19ClFN3O2. The minimum absolute atomic E-state index is 0.121. The Morgan fingerprint density at radius 1 is 1.50 bits per heavy atom. The Morgan fingerprint density at radius 2 is 2.23 bits per heavy atom. The highest BCUT2D eigenvalue weighted by Crippen LogP contribution is 2.28. The predicted molar refractivity (Wildman–Crippen MR) is 84.5 cm³/mol. The number of nitrogens with one attached hydrogen (secondary N) is 1. The molecule has 0 aromatic rings. The van der Waals surface area contributed by atoms with Crippen LogP contribution in [0.1, 0.15) is 6.92 Å². The molecule has 5 nitrogen and oxygen atoms in total. The number of halogens is 2. The fraction of sp³-hybridized carbons (Fsp3) is 0.333. The molecule has 0 aromatic heterocycles. The van der Waals surface area contributed by atoms with Crippen molar-refractivity contribution in [2.24, 2.45) is 11.5 Å². The fourth-order valence-corrected chi connectivity index (χ4v) is 2.61. The molecule has 0 radical (unpaired) electrons. The lowest BCUT2D eigenvalue weighted by Crippen LogP contribution is -2.40. The molecule has 0 saturated heterocycles. The zero-order valence-corrected chi connectivity index (χ0v) is 12.8. The molecule has 1 heterocycles. The van der Waals surface area contributed by atoms with Crippen molar-refractivity contribution in [3.8, 4) is 0 Å². The zero-order chi connectivity index (χ0) is 16.3. The lowest BCUT2D eigenvalue weighted by Gasteiger charge is -2.27. The third kappa shape index (κ3) is 3.71. The van der Waals surface area contributed by atoms with Crippen molar-refractivity contribution >= 4 is 11.6 Å². The highest BCUT2D eigenvalue weighted by molar-refractivity contribution is 6.23. The Hall–Kier alpha value is -1.76. The number of allylic oxidation sites excluding steroid dienone is 4. The van der Waals surface area contributed by atoms with Gasteiger partial charge in [-0.05, 0) is 36.8 Å². The molecule has 0 saturated carbocycles. The maximum atomic E-state index is 13.4. The summed E-state index contributed by atoms with van der Waals surface area (Å²) >= 11 is 6.13. The Bertz CT molecular complexity index is 596. The van der Waals surface area contributed by atoms with E-state index in [-0.39, 0.29) is 5.76 Å². The minimum Gasteiger partial charge on any atom is -0.508 e. The number of rotatable bonds is 4. The summed E-state index contributed by atoms with van der Waals surface area (Å²) in [6.45, 7) is 2.05. The number of hydrogen-bond acceptors (Lipinski definition) is 5. The van der Waals surface area contributed by atoms with Crippen LogP contribution in [-0.4, -0.2) is 29.3 Å². The van der Waals surface area contributed by atoms with Gasteiger partial charge in [-0.2, -0.15) is 0 Å². The van der Waals surface area contributed by atoms with E-state index in [2.05, 4.69) is 5.32 Å². The van der Waals surface area contributed by atoms with Gasteiger partial charge in [0.05, 0.1) is 5.38 Å². The first-order valence-electron chi connectivity index (χ1n) is 6.84. The number of aliphatic hydroxyl groups excluding tert-OH is 1. The third-order valence-electron chi connectivity index (χ3n) is 3.37. The molecule has 0 fully saturated rings. The fourth-order valence-electron chi connectivity index (χ4n) is 2.20. The molecular weight excluding hydrogens is 309 g/mol. The first-order valence-corrected chi connectivity index (χ1v) is 7.27. The molecule has 7 heteroatoms. The molecule has 120 valence electrons. The van der Waals surface area contributed by atoms with E-state index in [1.807, 2.05) is 0 Å². The highest BCUT2D eigenvalue weighted by atomic mass is 35.5. The summed E-state index contributed by atoms with van der Waals surface area (Å²) in [6, 6.07) is 0. The molecule has 3 atom stereocenters. The summed E-state index contributed by atoms with van der Waals surface area (Å²) in [7, 11) is 0. The van der Waals surface area contributed by atoms with Gasteiger partial charge < -0.3 is 26.6 Å². The number of nitrogens with two attached hydrogens (primary N) is 2. The molecule has 0 bridgehead atoms. The van der Waals surface area contributed by atoms with Crippen molar-refractivity contribution < 1.29 is 14.2 Å². The largest absolute Gasteiger partial charge is 0.508 e. The van der Waals surface area contributed by atoms with Crippen LogP contribution in [0.15, 0.2) is 59.0 Å². The molecule has 6 N–H and O–H groups in total. The van der Waals surface area contributed by atoms with E-state index in [9.17, 15) is 9.50 Å². The van der Waals surface area contributed by atoms with Crippen molar-refractivity contribution in [2.45, 2.75) is 24.6 Å². The minimum atomic E-state index is -0.817. The Labute approximate surface area is 133 Å². The van der Waals surface area contributed by atoms with E-state index in [0.29, 0.717) is 17.9 Å². The van der Waals surface area contributed by atoms with Gasteiger partial charge in [0.1, 0.15) is 29.6 Å². The van der Waals surface area contributed by atoms with E-state index in [0.717, 1.165) is 11.6 Å². The van der Waals surface area contributed by atoms with Crippen molar-refractivity contribution in [1.29, 1.82) is 0 Å². The maximum Gasteiger partial charge on any atom is 0.134 e. The van der Waals surface area contributed by atoms with Crippen molar-refractivity contribution in [1.82, 2.24) is 5.32 Å². The van der Waals surface area contributed by atoms with Gasteiger partial charge in [0.15, 0.2) is 0 Å². The summed E-state index contributed by atoms with van der Waals surface area (Å²) in [4.78, 5) is 0. The number of dihydropyridines is 1. The van der Waals surface area contributed by atoms with Gasteiger partial charge in [-0.1, -0.05) is 0 Å². The number of alkyl halides is 1. The van der Waals surface area contributed by atoms with Crippen LogP contribution in [0.2, 0.25) is 0 Å². The maximum absolute atomic E-state index is 13.4. The third-order valence-corrected chi connectivity index (χ3v) is 3.73. The molecule has 2 aliphatic rings. The predicted octanol–water partition coefficient (Wildman–Crippen LogP) is 1.85. The average Bonchev–Trinajstić information content (AvgIpc) is 2.59. The summed E-state index contributed by atoms with van der Waals surface area (Å²) in [6.07, 6.45) is 5.94. The van der Waals surface area contributed by atoms with Crippen LogP contribution >= 0.6 is 11.6 Å². The first kappa shape index (κ1) is 16.6. The van der Waals surface area contributed by atoms with E-state index >= 15 is 0 Å². The van der Waals surface area contributed by atoms with Gasteiger partial charge in [-0.3, -0.25) is 0 Å². The van der Waals surface area contributed by atoms with Gasteiger partial charge in [-0.25, -0.2) is 4.39 Å². The second kappa shape index (κ2) is 7.00. The van der Waals surface area contributed by atoms with E-state index in [1.165, 1.54) is 12.2 Å².